The summed E-state index contributed by atoms with van der Waals surface area (Å²) in [6.07, 6.45) is 2.76. The number of piperidine rings is 1. The van der Waals surface area contributed by atoms with Gasteiger partial charge < -0.3 is 15.0 Å². The van der Waals surface area contributed by atoms with Crippen LogP contribution in [0.25, 0.3) is 0 Å². The second kappa shape index (κ2) is 7.14. The van der Waals surface area contributed by atoms with Crippen molar-refractivity contribution < 1.29 is 27.4 Å². The van der Waals surface area contributed by atoms with Crippen molar-refractivity contribution in [3.63, 3.8) is 0 Å². The lowest BCUT2D eigenvalue weighted by molar-refractivity contribution is -0.681. The number of likely N-dealkylation sites (tertiary alicyclic amines) is 1. The van der Waals surface area contributed by atoms with Crippen molar-refractivity contribution in [2.45, 2.75) is 51.2 Å². The van der Waals surface area contributed by atoms with Gasteiger partial charge in [0.25, 0.3) is 10.1 Å². The molecule has 1 amide bonds. The molecule has 0 atom stereocenters. The maximum absolute atomic E-state index is 12.0. The molecule has 0 radical (unpaired) electrons. The Labute approximate surface area is 133 Å². The van der Waals surface area contributed by atoms with Gasteiger partial charge in [-0.1, -0.05) is 0 Å². The number of amides is 1. The van der Waals surface area contributed by atoms with Gasteiger partial charge >= 0.3 is 6.09 Å². The van der Waals surface area contributed by atoms with Crippen LogP contribution in [0.15, 0.2) is 0 Å². The first-order valence-corrected chi connectivity index (χ1v) is 9.24. The molecule has 0 aliphatic carbocycles. The lowest BCUT2D eigenvalue weighted by Crippen LogP contribution is -2.93. The Morgan fingerprint density at radius 1 is 1.32 bits per heavy atom. The molecule has 1 fully saturated rings. The standard InChI is InChI=1S/C14H28N2O5S/c1-13(2,3)21-12(17)16-9-6-14(15-4,7-10-16)8-11-20-22(5,18)19/h4,6-11,15H2,1-3,5H3. The zero-order valence-corrected chi connectivity index (χ0v) is 14.7. The van der Waals surface area contributed by atoms with Crippen LogP contribution in [0.3, 0.4) is 0 Å². The number of carbonyl (C=O) groups is 1. The van der Waals surface area contributed by atoms with Gasteiger partial charge in [0.1, 0.15) is 5.60 Å². The maximum Gasteiger partial charge on any atom is 0.410 e. The largest absolute Gasteiger partial charge is 0.474 e. The van der Waals surface area contributed by atoms with Gasteiger partial charge in [0.2, 0.25) is 0 Å². The minimum absolute atomic E-state index is 0.136. The Balaban J connectivity index is 2.51. The molecule has 1 aliphatic rings. The van der Waals surface area contributed by atoms with Crippen LogP contribution in [0.2, 0.25) is 0 Å². The van der Waals surface area contributed by atoms with E-state index >= 15 is 0 Å². The fraction of sp³-hybridized carbons (Fsp3) is 0.857. The number of hydrogen-bond acceptors (Lipinski definition) is 5. The number of nitrogens with zero attached hydrogens (tertiary/aromatic N) is 1. The van der Waals surface area contributed by atoms with Crippen molar-refractivity contribution in [3.05, 3.63) is 7.05 Å². The summed E-state index contributed by atoms with van der Waals surface area (Å²) >= 11 is 0. The molecule has 0 bridgehead atoms. The van der Waals surface area contributed by atoms with Gasteiger partial charge in [-0.15, -0.1) is 0 Å². The number of carbonyl (C=O) groups excluding carboxylic acids is 1. The molecule has 0 spiro atoms. The van der Waals surface area contributed by atoms with E-state index in [9.17, 15) is 13.2 Å². The Morgan fingerprint density at radius 2 is 1.86 bits per heavy atom. The molecule has 1 aliphatic heterocycles. The first-order valence-electron chi connectivity index (χ1n) is 7.42. The van der Waals surface area contributed by atoms with E-state index in [4.69, 9.17) is 8.92 Å². The monoisotopic (exact) mass is 336 g/mol. The van der Waals surface area contributed by atoms with Gasteiger partial charge in [-0.05, 0) is 20.8 Å². The van der Waals surface area contributed by atoms with Gasteiger partial charge in [-0.25, -0.2) is 4.79 Å². The predicted octanol–water partition coefficient (Wildman–Crippen LogP) is 0.477. The Hall–Kier alpha value is -0.860. The summed E-state index contributed by atoms with van der Waals surface area (Å²) in [5, 5.41) is 1.85. The number of hydrogen-bond donors (Lipinski definition) is 1. The summed E-state index contributed by atoms with van der Waals surface area (Å²) in [5.74, 6) is 0. The Morgan fingerprint density at radius 3 is 2.27 bits per heavy atom. The molecule has 0 aromatic rings. The molecule has 0 aromatic heterocycles. The number of rotatable bonds is 5. The van der Waals surface area contributed by atoms with E-state index in [-0.39, 0.29) is 18.2 Å². The number of quaternary nitrogens is 1. The third-order valence-electron chi connectivity index (χ3n) is 3.74. The molecular formula is C14H28N2O5S. The topological polar surface area (TPSA) is 89.5 Å². The summed E-state index contributed by atoms with van der Waals surface area (Å²) < 4.78 is 32.2. The summed E-state index contributed by atoms with van der Waals surface area (Å²) in [7, 11) is 0.438. The second-order valence-electron chi connectivity index (χ2n) is 6.81. The van der Waals surface area contributed by atoms with Crippen molar-refractivity contribution in [3.8, 4) is 0 Å². The van der Waals surface area contributed by atoms with Crippen LogP contribution in [0, 0.1) is 7.05 Å². The first kappa shape index (κ1) is 19.2. The lowest BCUT2D eigenvalue weighted by Gasteiger charge is -2.41. The smallest absolute Gasteiger partial charge is 0.410 e. The number of nitrogens with two attached hydrogens (primary N) is 1. The molecule has 2 N–H and O–H groups in total. The average Bonchev–Trinajstić information content (AvgIpc) is 2.36. The van der Waals surface area contributed by atoms with Crippen LogP contribution in [0.4, 0.5) is 4.79 Å². The van der Waals surface area contributed by atoms with Crippen LogP contribution < -0.4 is 5.32 Å². The maximum atomic E-state index is 12.0. The third-order valence-corrected chi connectivity index (χ3v) is 4.34. The molecule has 8 heteroatoms. The molecule has 1 rings (SSSR count). The summed E-state index contributed by atoms with van der Waals surface area (Å²) in [5.41, 5.74) is -0.698. The van der Waals surface area contributed by atoms with E-state index in [0.29, 0.717) is 19.5 Å². The van der Waals surface area contributed by atoms with Crippen molar-refractivity contribution >= 4 is 16.2 Å². The molecule has 1 saturated heterocycles. The molecule has 0 unspecified atom stereocenters. The minimum Gasteiger partial charge on any atom is -0.474 e. The predicted molar refractivity (Wildman–Crippen MR) is 82.5 cm³/mol. The summed E-state index contributed by atoms with van der Waals surface area (Å²) in [6, 6.07) is 0. The molecule has 1 heterocycles. The van der Waals surface area contributed by atoms with Crippen molar-refractivity contribution in [1.29, 1.82) is 0 Å². The van der Waals surface area contributed by atoms with E-state index in [0.717, 1.165) is 19.1 Å². The fourth-order valence-corrected chi connectivity index (χ4v) is 2.80. The highest BCUT2D eigenvalue weighted by Gasteiger charge is 2.37. The molecule has 130 valence electrons. The van der Waals surface area contributed by atoms with E-state index in [1.54, 1.807) is 4.90 Å². The van der Waals surface area contributed by atoms with Crippen molar-refractivity contribution in [2.24, 2.45) is 0 Å². The van der Waals surface area contributed by atoms with Crippen molar-refractivity contribution in [2.75, 3.05) is 26.0 Å². The van der Waals surface area contributed by atoms with Crippen LogP contribution in [0.5, 0.6) is 0 Å². The first-order chi connectivity index (χ1) is 9.96. The highest BCUT2D eigenvalue weighted by Crippen LogP contribution is 2.23. The van der Waals surface area contributed by atoms with Crippen molar-refractivity contribution in [1.82, 2.24) is 4.90 Å². The van der Waals surface area contributed by atoms with Gasteiger partial charge in [-0.2, -0.15) is 15.5 Å². The van der Waals surface area contributed by atoms with Crippen LogP contribution in [-0.2, 0) is 19.0 Å². The summed E-state index contributed by atoms with van der Waals surface area (Å²) in [6.45, 7) is 6.79. The fourth-order valence-electron chi connectivity index (χ4n) is 2.41. The SMILES string of the molecule is [CH2-][NH2+]C1(CCOS(C)(=O)=O)CCN(C(=O)OC(C)(C)C)CC1. The quantitative estimate of drug-likeness (QED) is 0.582. The van der Waals surface area contributed by atoms with Crippen LogP contribution in [0.1, 0.15) is 40.0 Å². The van der Waals surface area contributed by atoms with Crippen LogP contribution >= 0.6 is 0 Å². The molecule has 7 nitrogen and oxygen atoms in total. The molecule has 0 aromatic carbocycles. The highest BCUT2D eigenvalue weighted by atomic mass is 32.2. The molecular weight excluding hydrogens is 308 g/mol. The zero-order valence-electron chi connectivity index (χ0n) is 13.9. The van der Waals surface area contributed by atoms with E-state index in [1.807, 2.05) is 26.1 Å². The minimum atomic E-state index is -3.42. The van der Waals surface area contributed by atoms with Gasteiger partial charge in [0.05, 0.1) is 18.4 Å². The zero-order chi connectivity index (χ0) is 17.0. The van der Waals surface area contributed by atoms with E-state index in [1.165, 1.54) is 0 Å². The molecule has 22 heavy (non-hydrogen) atoms. The number of ether oxygens (including phenoxy) is 1. The normalized spacial score (nSPS) is 19.0. The third kappa shape index (κ3) is 6.50. The van der Waals surface area contributed by atoms with Crippen LogP contribution in [-0.4, -0.2) is 56.5 Å². The second-order valence-corrected chi connectivity index (χ2v) is 8.45. The highest BCUT2D eigenvalue weighted by molar-refractivity contribution is 7.85. The van der Waals surface area contributed by atoms with E-state index < -0.39 is 15.7 Å². The van der Waals surface area contributed by atoms with Gasteiger partial charge in [0, 0.05) is 32.4 Å². The lowest BCUT2D eigenvalue weighted by atomic mass is 9.85. The average molecular weight is 336 g/mol. The van der Waals surface area contributed by atoms with Gasteiger partial charge in [-0.3, -0.25) is 4.18 Å². The Bertz CT molecular complexity index is 476. The van der Waals surface area contributed by atoms with E-state index in [2.05, 4.69) is 7.05 Å². The van der Waals surface area contributed by atoms with Gasteiger partial charge in [0.15, 0.2) is 0 Å². The molecule has 0 saturated carbocycles. The summed E-state index contributed by atoms with van der Waals surface area (Å²) in [4.78, 5) is 13.7. The Kier molecular flexibility index (Phi) is 6.23.